The van der Waals surface area contributed by atoms with Gasteiger partial charge < -0.3 is 5.32 Å². The summed E-state index contributed by atoms with van der Waals surface area (Å²) in [7, 11) is -4.03. The molecule has 30 heavy (non-hydrogen) atoms. The van der Waals surface area contributed by atoms with Gasteiger partial charge >= 0.3 is 0 Å². The van der Waals surface area contributed by atoms with Crippen LogP contribution in [0.25, 0.3) is 0 Å². The van der Waals surface area contributed by atoms with Crippen LogP contribution in [0.4, 0.5) is 15.8 Å². The average Bonchev–Trinajstić information content (AvgIpc) is 2.70. The van der Waals surface area contributed by atoms with Crippen molar-refractivity contribution >= 4 is 39.1 Å². The number of halogens is 1. The van der Waals surface area contributed by atoms with Crippen molar-refractivity contribution in [2.45, 2.75) is 23.6 Å². The standard InChI is InChI=1S/C22H21FN2O3S2/c1-15-7-3-6-10-20(15)29-14-22(26)24-17-12-11-16(2)21(13-17)30(27,28)25-19-9-5-4-8-18(19)23/h3-13,25H,14H2,1-2H3,(H,24,26). The first-order valence-corrected chi connectivity index (χ1v) is 11.6. The summed E-state index contributed by atoms with van der Waals surface area (Å²) in [6.07, 6.45) is 0. The molecule has 2 N–H and O–H groups in total. The monoisotopic (exact) mass is 444 g/mol. The highest BCUT2D eigenvalue weighted by atomic mass is 32.2. The molecule has 0 spiro atoms. The zero-order chi connectivity index (χ0) is 21.7. The summed E-state index contributed by atoms with van der Waals surface area (Å²) in [4.78, 5) is 13.3. The van der Waals surface area contributed by atoms with Crippen LogP contribution in [0.15, 0.2) is 76.5 Å². The van der Waals surface area contributed by atoms with E-state index in [-0.39, 0.29) is 22.2 Å². The molecule has 0 atom stereocenters. The minimum Gasteiger partial charge on any atom is -0.325 e. The molecule has 0 aromatic heterocycles. The lowest BCUT2D eigenvalue weighted by Gasteiger charge is -2.13. The maximum Gasteiger partial charge on any atom is 0.262 e. The summed E-state index contributed by atoms with van der Waals surface area (Å²) in [5.41, 5.74) is 1.77. The Morgan fingerprint density at radius 1 is 0.967 bits per heavy atom. The lowest BCUT2D eigenvalue weighted by Crippen LogP contribution is -2.17. The molecular formula is C22H21FN2O3S2. The van der Waals surface area contributed by atoms with Crippen molar-refractivity contribution in [3.8, 4) is 0 Å². The van der Waals surface area contributed by atoms with Gasteiger partial charge in [-0.1, -0.05) is 36.4 Å². The molecule has 5 nitrogen and oxygen atoms in total. The summed E-state index contributed by atoms with van der Waals surface area (Å²) >= 11 is 1.41. The Kier molecular flexibility index (Phi) is 6.79. The fourth-order valence-electron chi connectivity index (χ4n) is 2.77. The van der Waals surface area contributed by atoms with Gasteiger partial charge in [0.2, 0.25) is 5.91 Å². The van der Waals surface area contributed by atoms with Crippen molar-refractivity contribution in [1.82, 2.24) is 0 Å². The van der Waals surface area contributed by atoms with Gasteiger partial charge in [0.15, 0.2) is 0 Å². The number of thioether (sulfide) groups is 1. The molecule has 3 aromatic rings. The van der Waals surface area contributed by atoms with Crippen molar-refractivity contribution in [2.75, 3.05) is 15.8 Å². The number of hydrogen-bond donors (Lipinski definition) is 2. The Hall–Kier alpha value is -2.84. The van der Waals surface area contributed by atoms with Gasteiger partial charge in [0.25, 0.3) is 10.0 Å². The molecule has 8 heteroatoms. The first kappa shape index (κ1) is 21.9. The molecule has 0 aliphatic heterocycles. The molecule has 3 aromatic carbocycles. The summed E-state index contributed by atoms with van der Waals surface area (Å²) in [6, 6.07) is 17.9. The number of para-hydroxylation sites is 1. The van der Waals surface area contributed by atoms with E-state index in [0.29, 0.717) is 11.3 Å². The normalized spacial score (nSPS) is 11.2. The maximum absolute atomic E-state index is 13.9. The van der Waals surface area contributed by atoms with Crippen LogP contribution in [0.1, 0.15) is 11.1 Å². The summed E-state index contributed by atoms with van der Waals surface area (Å²) in [5.74, 6) is -0.734. The fourth-order valence-corrected chi connectivity index (χ4v) is 4.94. The van der Waals surface area contributed by atoms with Crippen LogP contribution in [-0.2, 0) is 14.8 Å². The van der Waals surface area contributed by atoms with Gasteiger partial charge in [-0.2, -0.15) is 0 Å². The van der Waals surface area contributed by atoms with Crippen molar-refractivity contribution in [1.29, 1.82) is 0 Å². The Morgan fingerprint density at radius 3 is 2.40 bits per heavy atom. The molecule has 0 aliphatic carbocycles. The van der Waals surface area contributed by atoms with E-state index < -0.39 is 15.8 Å². The van der Waals surface area contributed by atoms with Gasteiger partial charge in [0, 0.05) is 10.6 Å². The molecule has 0 saturated carbocycles. The van der Waals surface area contributed by atoms with Gasteiger partial charge in [-0.3, -0.25) is 9.52 Å². The average molecular weight is 445 g/mol. The third kappa shape index (κ3) is 5.40. The highest BCUT2D eigenvalue weighted by Gasteiger charge is 2.19. The molecule has 0 radical (unpaired) electrons. The number of sulfonamides is 1. The zero-order valence-electron chi connectivity index (χ0n) is 16.5. The summed E-state index contributed by atoms with van der Waals surface area (Å²) in [5, 5.41) is 2.72. The number of rotatable bonds is 7. The van der Waals surface area contributed by atoms with E-state index in [1.54, 1.807) is 19.1 Å². The highest BCUT2D eigenvalue weighted by Crippen LogP contribution is 2.25. The van der Waals surface area contributed by atoms with Gasteiger partial charge in [-0.25, -0.2) is 12.8 Å². The number of anilines is 2. The predicted octanol–water partition coefficient (Wildman–Crippen LogP) is 4.97. The maximum atomic E-state index is 13.9. The number of hydrogen-bond acceptors (Lipinski definition) is 4. The number of carbonyl (C=O) groups is 1. The van der Waals surface area contributed by atoms with Gasteiger partial charge in [-0.05, 0) is 55.3 Å². The third-order valence-corrected chi connectivity index (χ3v) is 7.02. The molecule has 1 amide bonds. The van der Waals surface area contributed by atoms with Crippen molar-refractivity contribution in [3.63, 3.8) is 0 Å². The van der Waals surface area contributed by atoms with E-state index in [9.17, 15) is 17.6 Å². The zero-order valence-corrected chi connectivity index (χ0v) is 18.1. The minimum atomic E-state index is -4.03. The number of benzene rings is 3. The second-order valence-corrected chi connectivity index (χ2v) is 9.34. The largest absolute Gasteiger partial charge is 0.325 e. The first-order valence-electron chi connectivity index (χ1n) is 9.12. The Morgan fingerprint density at radius 2 is 1.67 bits per heavy atom. The first-order chi connectivity index (χ1) is 14.3. The van der Waals surface area contributed by atoms with E-state index in [4.69, 9.17) is 0 Å². The lowest BCUT2D eigenvalue weighted by molar-refractivity contribution is -0.113. The van der Waals surface area contributed by atoms with Crippen molar-refractivity contribution < 1.29 is 17.6 Å². The predicted molar refractivity (Wildman–Crippen MR) is 119 cm³/mol. The van der Waals surface area contributed by atoms with Crippen LogP contribution in [0.3, 0.4) is 0 Å². The summed E-state index contributed by atoms with van der Waals surface area (Å²) < 4.78 is 41.6. The van der Waals surface area contributed by atoms with Crippen LogP contribution in [-0.4, -0.2) is 20.1 Å². The SMILES string of the molecule is Cc1ccccc1SCC(=O)Nc1ccc(C)c(S(=O)(=O)Nc2ccccc2F)c1. The smallest absolute Gasteiger partial charge is 0.262 e. The van der Waals surface area contributed by atoms with E-state index >= 15 is 0 Å². The second-order valence-electron chi connectivity index (χ2n) is 6.67. The molecule has 0 aliphatic rings. The molecule has 0 saturated heterocycles. The van der Waals surface area contributed by atoms with E-state index in [2.05, 4.69) is 10.0 Å². The van der Waals surface area contributed by atoms with Crippen LogP contribution < -0.4 is 10.0 Å². The molecule has 0 heterocycles. The molecule has 0 fully saturated rings. The van der Waals surface area contributed by atoms with E-state index in [1.807, 2.05) is 31.2 Å². The number of carbonyl (C=O) groups excluding carboxylic acids is 1. The van der Waals surface area contributed by atoms with E-state index in [0.717, 1.165) is 10.5 Å². The van der Waals surface area contributed by atoms with Gasteiger partial charge in [0.05, 0.1) is 16.3 Å². The molecule has 156 valence electrons. The topological polar surface area (TPSA) is 75.3 Å². The highest BCUT2D eigenvalue weighted by molar-refractivity contribution is 8.00. The molecule has 0 unspecified atom stereocenters. The van der Waals surface area contributed by atoms with Crippen molar-refractivity contribution in [3.05, 3.63) is 83.7 Å². The fraction of sp³-hybridized carbons (Fsp3) is 0.136. The minimum absolute atomic E-state index is 0.0323. The van der Waals surface area contributed by atoms with Crippen LogP contribution in [0.2, 0.25) is 0 Å². The lowest BCUT2D eigenvalue weighted by atomic mass is 10.2. The summed E-state index contributed by atoms with van der Waals surface area (Å²) in [6.45, 7) is 3.61. The van der Waals surface area contributed by atoms with Crippen LogP contribution >= 0.6 is 11.8 Å². The Balaban J connectivity index is 1.73. The van der Waals surface area contributed by atoms with Crippen molar-refractivity contribution in [2.24, 2.45) is 0 Å². The van der Waals surface area contributed by atoms with Crippen LogP contribution in [0, 0.1) is 19.7 Å². The second kappa shape index (κ2) is 9.32. The third-order valence-electron chi connectivity index (χ3n) is 4.33. The van der Waals surface area contributed by atoms with E-state index in [1.165, 1.54) is 42.1 Å². The van der Waals surface area contributed by atoms with Gasteiger partial charge in [0.1, 0.15) is 5.82 Å². The number of amides is 1. The number of nitrogens with one attached hydrogen (secondary N) is 2. The molecular weight excluding hydrogens is 423 g/mol. The number of aryl methyl sites for hydroxylation is 2. The van der Waals surface area contributed by atoms with Gasteiger partial charge in [-0.15, -0.1) is 11.8 Å². The Bertz CT molecular complexity index is 1180. The molecule has 3 rings (SSSR count). The Labute approximate surface area is 179 Å². The van der Waals surface area contributed by atoms with Crippen LogP contribution in [0.5, 0.6) is 0 Å². The molecule has 0 bridgehead atoms. The quantitative estimate of drug-likeness (QED) is 0.504.